The number of hydrogen-bond donors (Lipinski definition) is 2. The molecule has 1 saturated heterocycles. The van der Waals surface area contributed by atoms with Gasteiger partial charge in [0.25, 0.3) is 0 Å². The Kier molecular flexibility index (Phi) is 3.36. The SMILES string of the molecule is C=C1N=C(N)C=CN1[C@@H]1O[C@H](C(C)C)C(O)C1(F)F. The molecule has 2 heterocycles. The van der Waals surface area contributed by atoms with Crippen LogP contribution in [0.5, 0.6) is 0 Å². The summed E-state index contributed by atoms with van der Waals surface area (Å²) in [6.07, 6.45) is -1.72. The Morgan fingerprint density at radius 1 is 1.58 bits per heavy atom. The van der Waals surface area contributed by atoms with Crippen LogP contribution >= 0.6 is 0 Å². The molecule has 106 valence electrons. The van der Waals surface area contributed by atoms with Gasteiger partial charge in [0.15, 0.2) is 0 Å². The monoisotopic (exact) mass is 273 g/mol. The lowest BCUT2D eigenvalue weighted by Gasteiger charge is -2.31. The van der Waals surface area contributed by atoms with Crippen molar-refractivity contribution >= 4 is 5.84 Å². The molecular formula is C12H17F2N3O2. The van der Waals surface area contributed by atoms with Gasteiger partial charge in [-0.15, -0.1) is 0 Å². The smallest absolute Gasteiger partial charge is 0.320 e. The number of hydrogen-bond acceptors (Lipinski definition) is 5. The Morgan fingerprint density at radius 2 is 2.21 bits per heavy atom. The van der Waals surface area contributed by atoms with Gasteiger partial charge in [0, 0.05) is 6.20 Å². The van der Waals surface area contributed by atoms with Crippen LogP contribution in [0.3, 0.4) is 0 Å². The topological polar surface area (TPSA) is 71.1 Å². The molecule has 0 radical (unpaired) electrons. The van der Waals surface area contributed by atoms with Crippen molar-refractivity contribution in [1.29, 1.82) is 0 Å². The first-order valence-corrected chi connectivity index (χ1v) is 5.96. The summed E-state index contributed by atoms with van der Waals surface area (Å²) in [7, 11) is 0. The summed E-state index contributed by atoms with van der Waals surface area (Å²) >= 11 is 0. The normalized spacial score (nSPS) is 34.0. The van der Waals surface area contributed by atoms with Crippen LogP contribution in [-0.2, 0) is 4.74 Å². The number of nitrogens with zero attached hydrogens (tertiary/aromatic N) is 2. The first kappa shape index (κ1) is 14.0. The second-order valence-corrected chi connectivity index (χ2v) is 4.99. The van der Waals surface area contributed by atoms with Gasteiger partial charge in [-0.25, -0.2) is 4.99 Å². The molecular weight excluding hydrogens is 256 g/mol. The largest absolute Gasteiger partial charge is 0.384 e. The Bertz CT molecular complexity index is 448. The third-order valence-electron chi connectivity index (χ3n) is 3.19. The molecule has 0 amide bonds. The molecule has 3 atom stereocenters. The first-order chi connectivity index (χ1) is 8.75. The standard InChI is InChI=1S/C12H17F2N3O2/c1-6(2)9-10(18)12(13,14)11(19-9)17-5-4-8(15)16-7(17)3/h4-6,9-11,18H,3H2,1-2H3,(H2,15,16)/t9-,10?,11-/m1/s1. The molecule has 1 fully saturated rings. The van der Waals surface area contributed by atoms with Crippen molar-refractivity contribution in [3.8, 4) is 0 Å². The highest BCUT2D eigenvalue weighted by atomic mass is 19.3. The van der Waals surface area contributed by atoms with Crippen molar-refractivity contribution in [3.05, 3.63) is 24.7 Å². The molecule has 0 saturated carbocycles. The van der Waals surface area contributed by atoms with Gasteiger partial charge in [-0.2, -0.15) is 8.78 Å². The molecule has 3 N–H and O–H groups in total. The second-order valence-electron chi connectivity index (χ2n) is 4.99. The van der Waals surface area contributed by atoms with E-state index >= 15 is 0 Å². The van der Waals surface area contributed by atoms with Crippen LogP contribution in [0.15, 0.2) is 29.7 Å². The van der Waals surface area contributed by atoms with E-state index in [0.717, 1.165) is 4.90 Å². The van der Waals surface area contributed by atoms with E-state index in [1.807, 2.05) is 0 Å². The highest BCUT2D eigenvalue weighted by Crippen LogP contribution is 2.41. The molecule has 1 unspecified atom stereocenters. The molecule has 7 heteroatoms. The van der Waals surface area contributed by atoms with Crippen LogP contribution < -0.4 is 5.73 Å². The summed E-state index contributed by atoms with van der Waals surface area (Å²) in [6, 6.07) is 0. The lowest BCUT2D eigenvalue weighted by Crippen LogP contribution is -2.47. The molecule has 2 aliphatic rings. The predicted octanol–water partition coefficient (Wildman–Crippen LogP) is 1.02. The fourth-order valence-electron chi connectivity index (χ4n) is 2.15. The van der Waals surface area contributed by atoms with E-state index in [-0.39, 0.29) is 17.6 Å². The van der Waals surface area contributed by atoms with Gasteiger partial charge in [-0.05, 0) is 12.0 Å². The maximum Gasteiger partial charge on any atom is 0.320 e. The second kappa shape index (κ2) is 4.57. The van der Waals surface area contributed by atoms with Gasteiger partial charge in [-0.3, -0.25) is 0 Å². The van der Waals surface area contributed by atoms with E-state index in [1.165, 1.54) is 12.3 Å². The summed E-state index contributed by atoms with van der Waals surface area (Å²) in [5.41, 5.74) is 5.45. The number of aliphatic hydroxyl groups excluding tert-OH is 1. The number of alkyl halides is 2. The number of halogens is 2. The minimum absolute atomic E-state index is 0.0567. The van der Waals surface area contributed by atoms with Gasteiger partial charge >= 0.3 is 5.92 Å². The van der Waals surface area contributed by atoms with Gasteiger partial charge in [0.2, 0.25) is 6.23 Å². The fraction of sp³-hybridized carbons (Fsp3) is 0.583. The highest BCUT2D eigenvalue weighted by molar-refractivity contribution is 5.92. The Labute approximate surface area is 110 Å². The van der Waals surface area contributed by atoms with Crippen LogP contribution in [0.25, 0.3) is 0 Å². The molecule has 0 bridgehead atoms. The number of aliphatic hydroxyl groups is 1. The zero-order valence-electron chi connectivity index (χ0n) is 10.8. The molecule has 0 aromatic carbocycles. The van der Waals surface area contributed by atoms with Crippen LogP contribution in [0.4, 0.5) is 8.78 Å². The number of ether oxygens (including phenoxy) is 1. The Hall–Kier alpha value is -1.47. The highest BCUT2D eigenvalue weighted by Gasteiger charge is 2.61. The molecule has 19 heavy (non-hydrogen) atoms. The van der Waals surface area contributed by atoms with Crippen molar-refractivity contribution in [2.75, 3.05) is 0 Å². The fourth-order valence-corrected chi connectivity index (χ4v) is 2.15. The van der Waals surface area contributed by atoms with Crippen molar-refractivity contribution in [1.82, 2.24) is 4.90 Å². The molecule has 5 nitrogen and oxygen atoms in total. The summed E-state index contributed by atoms with van der Waals surface area (Å²) in [6.45, 7) is 6.99. The average molecular weight is 273 g/mol. The minimum Gasteiger partial charge on any atom is -0.384 e. The number of amidine groups is 1. The van der Waals surface area contributed by atoms with Crippen molar-refractivity contribution in [3.63, 3.8) is 0 Å². The van der Waals surface area contributed by atoms with Gasteiger partial charge < -0.3 is 20.5 Å². The third kappa shape index (κ3) is 2.23. The zero-order chi connectivity index (χ0) is 14.4. The van der Waals surface area contributed by atoms with Gasteiger partial charge in [0.1, 0.15) is 17.8 Å². The van der Waals surface area contributed by atoms with Crippen molar-refractivity contribution in [2.24, 2.45) is 16.6 Å². The molecule has 2 rings (SSSR count). The van der Waals surface area contributed by atoms with Gasteiger partial charge in [-0.1, -0.05) is 20.4 Å². The Morgan fingerprint density at radius 3 is 2.68 bits per heavy atom. The lowest BCUT2D eigenvalue weighted by atomic mass is 10.00. The maximum atomic E-state index is 14.1. The third-order valence-corrected chi connectivity index (χ3v) is 3.19. The van der Waals surface area contributed by atoms with E-state index in [4.69, 9.17) is 10.5 Å². The van der Waals surface area contributed by atoms with E-state index in [9.17, 15) is 13.9 Å². The average Bonchev–Trinajstić information content (AvgIpc) is 2.52. The minimum atomic E-state index is -3.41. The summed E-state index contributed by atoms with van der Waals surface area (Å²) in [4.78, 5) is 4.90. The van der Waals surface area contributed by atoms with Crippen LogP contribution in [0.2, 0.25) is 0 Å². The predicted molar refractivity (Wildman–Crippen MR) is 66.2 cm³/mol. The van der Waals surface area contributed by atoms with E-state index in [2.05, 4.69) is 11.6 Å². The molecule has 2 aliphatic heterocycles. The van der Waals surface area contributed by atoms with Crippen molar-refractivity contribution in [2.45, 2.75) is 38.2 Å². The van der Waals surface area contributed by atoms with E-state index in [1.54, 1.807) is 13.8 Å². The van der Waals surface area contributed by atoms with Crippen LogP contribution in [-0.4, -0.2) is 40.2 Å². The summed E-state index contributed by atoms with van der Waals surface area (Å²) in [5, 5.41) is 9.71. The summed E-state index contributed by atoms with van der Waals surface area (Å²) in [5.74, 6) is -3.41. The van der Waals surface area contributed by atoms with Gasteiger partial charge in [0.05, 0.1) is 6.10 Å². The molecule has 0 aliphatic carbocycles. The van der Waals surface area contributed by atoms with Crippen LogP contribution in [0, 0.1) is 5.92 Å². The molecule has 0 aromatic heterocycles. The van der Waals surface area contributed by atoms with Crippen LogP contribution in [0.1, 0.15) is 13.8 Å². The zero-order valence-corrected chi connectivity index (χ0v) is 10.8. The maximum absolute atomic E-state index is 14.1. The van der Waals surface area contributed by atoms with E-state index < -0.39 is 24.4 Å². The first-order valence-electron chi connectivity index (χ1n) is 5.96. The molecule has 0 aromatic rings. The number of nitrogens with two attached hydrogens (primary N) is 1. The Balaban J connectivity index is 2.26. The molecule has 0 spiro atoms. The number of aliphatic imine (C=N–C) groups is 1. The quantitative estimate of drug-likeness (QED) is 0.788. The summed E-state index contributed by atoms with van der Waals surface area (Å²) < 4.78 is 33.5. The van der Waals surface area contributed by atoms with Crippen molar-refractivity contribution < 1.29 is 18.6 Å². The van der Waals surface area contributed by atoms with E-state index in [0.29, 0.717) is 0 Å². The number of rotatable bonds is 2. The lowest BCUT2D eigenvalue weighted by molar-refractivity contribution is -0.148.